The molecule has 1 aromatic heterocycles. The Labute approximate surface area is 245 Å². The number of nitrogens with zero attached hydrogens (tertiary/aromatic N) is 4. The van der Waals surface area contributed by atoms with Gasteiger partial charge in [-0.3, -0.25) is 9.36 Å². The number of rotatable bonds is 10. The Morgan fingerprint density at radius 2 is 1.55 bits per heavy atom. The maximum absolute atomic E-state index is 12.5. The van der Waals surface area contributed by atoms with E-state index >= 15 is 0 Å². The van der Waals surface area contributed by atoms with Crippen molar-refractivity contribution in [3.63, 3.8) is 0 Å². The lowest BCUT2D eigenvalue weighted by molar-refractivity contribution is -0.118. The number of hydrogen-bond acceptors (Lipinski definition) is 6. The number of hydrazone groups is 1. The number of nitrogens with one attached hydrogen (secondary N) is 1. The molecule has 0 radical (unpaired) electrons. The smallest absolute Gasteiger partial charge is 0.250 e. The third-order valence-electron chi connectivity index (χ3n) is 5.68. The lowest BCUT2D eigenvalue weighted by atomic mass is 10.2. The second-order valence-corrected chi connectivity index (χ2v) is 10.4. The van der Waals surface area contributed by atoms with Crippen molar-refractivity contribution in [1.82, 2.24) is 20.2 Å². The van der Waals surface area contributed by atoms with Crippen LogP contribution in [0.1, 0.15) is 11.1 Å². The quantitative estimate of drug-likeness (QED) is 0.107. The average Bonchev–Trinajstić information content (AvgIpc) is 3.41. The third-order valence-corrected chi connectivity index (χ3v) is 7.12. The molecule has 1 heterocycles. The largest absolute Gasteiger partial charge is 0.489 e. The van der Waals surface area contributed by atoms with Gasteiger partial charge < -0.3 is 4.74 Å². The van der Waals surface area contributed by atoms with Crippen molar-refractivity contribution < 1.29 is 9.53 Å². The molecule has 0 saturated carbocycles. The Balaban J connectivity index is 1.19. The Hall–Kier alpha value is -4.11. The van der Waals surface area contributed by atoms with E-state index in [1.54, 1.807) is 30.5 Å². The van der Waals surface area contributed by atoms with Crippen LogP contribution in [0.5, 0.6) is 5.75 Å². The Morgan fingerprint density at radius 3 is 2.25 bits per heavy atom. The topological polar surface area (TPSA) is 81.4 Å². The van der Waals surface area contributed by atoms with Crippen LogP contribution < -0.4 is 10.2 Å². The highest BCUT2D eigenvalue weighted by atomic mass is 35.5. The molecule has 0 aliphatic heterocycles. The van der Waals surface area contributed by atoms with Gasteiger partial charge in [0.2, 0.25) is 0 Å². The highest BCUT2D eigenvalue weighted by Gasteiger charge is 2.17. The minimum atomic E-state index is -0.275. The molecule has 0 saturated heterocycles. The van der Waals surface area contributed by atoms with Gasteiger partial charge in [-0.1, -0.05) is 65.3 Å². The summed E-state index contributed by atoms with van der Waals surface area (Å²) in [7, 11) is 0. The third kappa shape index (κ3) is 7.30. The zero-order valence-corrected chi connectivity index (χ0v) is 23.4. The first-order valence-electron chi connectivity index (χ1n) is 12.2. The summed E-state index contributed by atoms with van der Waals surface area (Å²) >= 11 is 13.4. The molecule has 10 heteroatoms. The predicted molar refractivity (Wildman–Crippen MR) is 160 cm³/mol. The lowest BCUT2D eigenvalue weighted by Crippen LogP contribution is -2.20. The van der Waals surface area contributed by atoms with Crippen LogP contribution in [0.3, 0.4) is 0 Å². The molecule has 0 aliphatic carbocycles. The Morgan fingerprint density at radius 1 is 0.875 bits per heavy atom. The predicted octanol–water partition coefficient (Wildman–Crippen LogP) is 7.06. The number of benzene rings is 4. The van der Waals surface area contributed by atoms with Crippen LogP contribution in [0, 0.1) is 0 Å². The molecule has 0 bridgehead atoms. The van der Waals surface area contributed by atoms with Gasteiger partial charge in [0.05, 0.1) is 12.0 Å². The van der Waals surface area contributed by atoms with Crippen molar-refractivity contribution in [3.05, 3.63) is 124 Å². The highest BCUT2D eigenvalue weighted by molar-refractivity contribution is 7.99. The second-order valence-electron chi connectivity index (χ2n) is 8.55. The van der Waals surface area contributed by atoms with E-state index in [4.69, 9.17) is 27.9 Å². The van der Waals surface area contributed by atoms with Crippen molar-refractivity contribution in [2.45, 2.75) is 11.8 Å². The zero-order valence-electron chi connectivity index (χ0n) is 21.1. The number of hydrogen-bond donors (Lipinski definition) is 1. The number of carbonyl (C=O) groups excluding carboxylic acids is 1. The van der Waals surface area contributed by atoms with Gasteiger partial charge in [-0.05, 0) is 83.9 Å². The molecule has 0 fully saturated rings. The van der Waals surface area contributed by atoms with Gasteiger partial charge in [-0.2, -0.15) is 5.10 Å². The lowest BCUT2D eigenvalue weighted by Gasteiger charge is -2.10. The molecule has 1 amide bonds. The molecule has 1 N–H and O–H groups in total. The van der Waals surface area contributed by atoms with Gasteiger partial charge >= 0.3 is 0 Å². The van der Waals surface area contributed by atoms with E-state index in [0.717, 1.165) is 28.1 Å². The number of thioether (sulfide) groups is 1. The van der Waals surface area contributed by atoms with Crippen molar-refractivity contribution in [3.8, 4) is 22.8 Å². The van der Waals surface area contributed by atoms with Gasteiger partial charge in [0.1, 0.15) is 12.4 Å². The summed E-state index contributed by atoms with van der Waals surface area (Å²) in [6.07, 6.45) is 1.58. The van der Waals surface area contributed by atoms with Crippen LogP contribution in [0.25, 0.3) is 17.1 Å². The monoisotopic (exact) mass is 587 g/mol. The second kappa shape index (κ2) is 13.3. The average molecular weight is 589 g/mol. The fraction of sp³-hybridized carbons (Fsp3) is 0.0667. The van der Waals surface area contributed by atoms with Gasteiger partial charge in [0.25, 0.3) is 5.91 Å². The normalized spacial score (nSPS) is 11.1. The van der Waals surface area contributed by atoms with E-state index in [1.165, 1.54) is 11.8 Å². The van der Waals surface area contributed by atoms with Crippen molar-refractivity contribution in [2.75, 3.05) is 5.75 Å². The fourth-order valence-electron chi connectivity index (χ4n) is 3.70. The van der Waals surface area contributed by atoms with Gasteiger partial charge in [-0.25, -0.2) is 5.43 Å². The summed E-state index contributed by atoms with van der Waals surface area (Å²) in [5.41, 5.74) is 6.14. The Kier molecular flexibility index (Phi) is 9.13. The molecule has 5 rings (SSSR count). The number of carbonyl (C=O) groups is 1. The summed E-state index contributed by atoms with van der Waals surface area (Å²) in [4.78, 5) is 12.5. The van der Waals surface area contributed by atoms with E-state index in [-0.39, 0.29) is 11.7 Å². The first-order valence-corrected chi connectivity index (χ1v) is 14.0. The van der Waals surface area contributed by atoms with Gasteiger partial charge in [0, 0.05) is 21.3 Å². The number of aromatic nitrogens is 3. The first-order chi connectivity index (χ1) is 19.5. The van der Waals surface area contributed by atoms with E-state index in [2.05, 4.69) is 20.7 Å². The van der Waals surface area contributed by atoms with Crippen LogP contribution in [-0.2, 0) is 11.4 Å². The number of amides is 1. The van der Waals surface area contributed by atoms with Gasteiger partial charge in [-0.15, -0.1) is 10.2 Å². The minimum absolute atomic E-state index is 0.0932. The molecule has 40 heavy (non-hydrogen) atoms. The minimum Gasteiger partial charge on any atom is -0.489 e. The molecular formula is C30H23Cl2N5O2S. The highest BCUT2D eigenvalue weighted by Crippen LogP contribution is 2.29. The van der Waals surface area contributed by atoms with Gasteiger partial charge in [0.15, 0.2) is 11.0 Å². The molecule has 4 aromatic carbocycles. The zero-order chi connectivity index (χ0) is 27.7. The molecule has 200 valence electrons. The van der Waals surface area contributed by atoms with Crippen molar-refractivity contribution >= 4 is 47.1 Å². The molecule has 7 nitrogen and oxygen atoms in total. The maximum atomic E-state index is 12.5. The van der Waals surface area contributed by atoms with Crippen LogP contribution in [0.2, 0.25) is 10.0 Å². The summed E-state index contributed by atoms with van der Waals surface area (Å²) in [6, 6.07) is 32.1. The SMILES string of the molecule is O=C(CSc1nnc(-c2ccc(Cl)cc2)n1-c1ccc(Cl)cc1)NN=Cc1ccc(OCc2ccccc2)cc1. The Bertz CT molecular complexity index is 1590. The summed E-state index contributed by atoms with van der Waals surface area (Å²) in [5.74, 6) is 1.19. The van der Waals surface area contributed by atoms with E-state index in [9.17, 15) is 4.79 Å². The van der Waals surface area contributed by atoms with Crippen LogP contribution in [0.15, 0.2) is 113 Å². The summed E-state index contributed by atoms with van der Waals surface area (Å²) in [6.45, 7) is 0.495. The molecule has 0 atom stereocenters. The summed E-state index contributed by atoms with van der Waals surface area (Å²) in [5, 5.41) is 14.6. The van der Waals surface area contributed by atoms with Crippen molar-refractivity contribution in [1.29, 1.82) is 0 Å². The summed E-state index contributed by atoms with van der Waals surface area (Å²) < 4.78 is 7.68. The molecule has 5 aromatic rings. The number of halogens is 2. The van der Waals surface area contributed by atoms with E-state index < -0.39 is 0 Å². The van der Waals surface area contributed by atoms with Crippen LogP contribution in [0.4, 0.5) is 0 Å². The van der Waals surface area contributed by atoms with Crippen molar-refractivity contribution in [2.24, 2.45) is 5.10 Å². The fourth-order valence-corrected chi connectivity index (χ4v) is 4.70. The standard InChI is InChI=1S/C30H23Cl2N5O2S/c31-24-10-8-23(9-11-24)29-35-36-30(37(29)26-14-12-25(32)13-15-26)40-20-28(38)34-33-18-21-6-16-27(17-7-21)39-19-22-4-2-1-3-5-22/h1-18H,19-20H2,(H,34,38). The van der Waals surface area contributed by atoms with Crippen LogP contribution >= 0.6 is 35.0 Å². The molecule has 0 aliphatic rings. The first kappa shape index (κ1) is 27.5. The number of ether oxygens (including phenoxy) is 1. The molecular weight excluding hydrogens is 565 g/mol. The maximum Gasteiger partial charge on any atom is 0.250 e. The molecule has 0 unspecified atom stereocenters. The van der Waals surface area contributed by atoms with E-state index in [1.807, 2.05) is 83.4 Å². The molecule has 0 spiro atoms. The van der Waals surface area contributed by atoms with E-state index in [0.29, 0.717) is 27.6 Å². The van der Waals surface area contributed by atoms with Crippen LogP contribution in [-0.4, -0.2) is 32.6 Å².